The van der Waals surface area contributed by atoms with Crippen molar-refractivity contribution < 1.29 is 4.79 Å². The lowest BCUT2D eigenvalue weighted by Gasteiger charge is -2.14. The standard InChI is InChI=1S/C21H22N2O/c1-14-10-16(3)19(11-15(14)2)12-20(13-22)21(24)23-17(4)18-8-6-5-7-9-18/h5-12,17H,1-4H3,(H,23,24)/b20-12+/t17-/m1/s1. The monoisotopic (exact) mass is 318 g/mol. The molecule has 122 valence electrons. The highest BCUT2D eigenvalue weighted by molar-refractivity contribution is 6.02. The molecule has 2 aromatic carbocycles. The smallest absolute Gasteiger partial charge is 0.262 e. The number of nitriles is 1. The number of rotatable bonds is 4. The number of aryl methyl sites for hydroxylation is 3. The van der Waals surface area contributed by atoms with E-state index in [1.165, 1.54) is 5.56 Å². The number of carbonyl (C=O) groups is 1. The number of amides is 1. The van der Waals surface area contributed by atoms with Crippen molar-refractivity contribution in [1.29, 1.82) is 5.26 Å². The molecule has 3 nitrogen and oxygen atoms in total. The Morgan fingerprint density at radius 3 is 2.33 bits per heavy atom. The van der Waals surface area contributed by atoms with E-state index in [0.29, 0.717) is 0 Å². The van der Waals surface area contributed by atoms with Crippen LogP contribution in [0.5, 0.6) is 0 Å². The Kier molecular flexibility index (Phi) is 5.55. The van der Waals surface area contributed by atoms with E-state index in [4.69, 9.17) is 0 Å². The molecule has 24 heavy (non-hydrogen) atoms. The summed E-state index contributed by atoms with van der Waals surface area (Å²) in [7, 11) is 0. The molecular formula is C21H22N2O. The maximum absolute atomic E-state index is 12.4. The van der Waals surface area contributed by atoms with Gasteiger partial charge in [0.15, 0.2) is 0 Å². The Hall–Kier alpha value is -2.86. The fourth-order valence-electron chi connectivity index (χ4n) is 2.54. The average Bonchev–Trinajstić information content (AvgIpc) is 2.57. The zero-order valence-electron chi connectivity index (χ0n) is 14.6. The third-order valence-electron chi connectivity index (χ3n) is 4.19. The zero-order chi connectivity index (χ0) is 17.7. The number of hydrogen-bond donors (Lipinski definition) is 1. The predicted octanol–water partition coefficient (Wildman–Crippen LogP) is 4.40. The molecule has 0 aliphatic heterocycles. The molecule has 0 unspecified atom stereocenters. The highest BCUT2D eigenvalue weighted by Crippen LogP contribution is 2.19. The van der Waals surface area contributed by atoms with Crippen LogP contribution in [0, 0.1) is 32.1 Å². The summed E-state index contributed by atoms with van der Waals surface area (Å²) in [5.74, 6) is -0.355. The molecule has 3 heteroatoms. The van der Waals surface area contributed by atoms with Crippen molar-refractivity contribution in [3.63, 3.8) is 0 Å². The Balaban J connectivity index is 2.23. The summed E-state index contributed by atoms with van der Waals surface area (Å²) in [4.78, 5) is 12.4. The fourth-order valence-corrected chi connectivity index (χ4v) is 2.54. The molecular weight excluding hydrogens is 296 g/mol. The van der Waals surface area contributed by atoms with E-state index in [2.05, 4.69) is 18.3 Å². The Morgan fingerprint density at radius 1 is 1.08 bits per heavy atom. The lowest BCUT2D eigenvalue weighted by Crippen LogP contribution is -2.27. The third-order valence-corrected chi connectivity index (χ3v) is 4.19. The summed E-state index contributed by atoms with van der Waals surface area (Å²) in [6, 6.07) is 15.6. The van der Waals surface area contributed by atoms with Crippen molar-refractivity contribution in [3.05, 3.63) is 75.9 Å². The molecule has 0 spiro atoms. The van der Waals surface area contributed by atoms with Gasteiger partial charge in [-0.15, -0.1) is 0 Å². The van der Waals surface area contributed by atoms with Gasteiger partial charge in [-0.05, 0) is 61.6 Å². The van der Waals surface area contributed by atoms with Gasteiger partial charge in [-0.2, -0.15) is 5.26 Å². The summed E-state index contributed by atoms with van der Waals surface area (Å²) in [6.45, 7) is 7.96. The summed E-state index contributed by atoms with van der Waals surface area (Å²) in [5, 5.41) is 12.3. The van der Waals surface area contributed by atoms with E-state index >= 15 is 0 Å². The molecule has 0 radical (unpaired) electrons. The number of nitrogens with one attached hydrogen (secondary N) is 1. The first kappa shape index (κ1) is 17.5. The summed E-state index contributed by atoms with van der Waals surface area (Å²) >= 11 is 0. The molecule has 0 aliphatic rings. The van der Waals surface area contributed by atoms with E-state index in [9.17, 15) is 10.1 Å². The zero-order valence-corrected chi connectivity index (χ0v) is 14.6. The van der Waals surface area contributed by atoms with Crippen LogP contribution < -0.4 is 5.32 Å². The van der Waals surface area contributed by atoms with Gasteiger partial charge in [0.2, 0.25) is 0 Å². The van der Waals surface area contributed by atoms with Crippen molar-refractivity contribution in [2.24, 2.45) is 0 Å². The van der Waals surface area contributed by atoms with E-state index < -0.39 is 0 Å². The van der Waals surface area contributed by atoms with Gasteiger partial charge in [0.25, 0.3) is 5.91 Å². The Bertz CT molecular complexity index is 814. The molecule has 1 atom stereocenters. The second kappa shape index (κ2) is 7.61. The molecule has 0 aliphatic carbocycles. The van der Waals surface area contributed by atoms with Gasteiger partial charge in [-0.3, -0.25) is 4.79 Å². The van der Waals surface area contributed by atoms with Crippen LogP contribution >= 0.6 is 0 Å². The number of carbonyl (C=O) groups excluding carboxylic acids is 1. The molecule has 2 aromatic rings. The van der Waals surface area contributed by atoms with Gasteiger partial charge in [0, 0.05) is 0 Å². The minimum atomic E-state index is -0.355. The predicted molar refractivity (Wildman–Crippen MR) is 97.2 cm³/mol. The van der Waals surface area contributed by atoms with Gasteiger partial charge in [-0.1, -0.05) is 42.5 Å². The second-order valence-electron chi connectivity index (χ2n) is 6.07. The van der Waals surface area contributed by atoms with Crippen LogP contribution in [0.3, 0.4) is 0 Å². The molecule has 1 amide bonds. The van der Waals surface area contributed by atoms with Crippen molar-refractivity contribution in [2.75, 3.05) is 0 Å². The molecule has 1 N–H and O–H groups in total. The normalized spacial score (nSPS) is 12.4. The van der Waals surface area contributed by atoms with Gasteiger partial charge in [0.1, 0.15) is 11.6 Å². The van der Waals surface area contributed by atoms with E-state index in [-0.39, 0.29) is 17.5 Å². The number of benzene rings is 2. The third kappa shape index (κ3) is 4.11. The van der Waals surface area contributed by atoms with Crippen LogP contribution in [0.2, 0.25) is 0 Å². The van der Waals surface area contributed by atoms with Crippen LogP contribution in [0.4, 0.5) is 0 Å². The summed E-state index contributed by atoms with van der Waals surface area (Å²) in [5.41, 5.74) is 5.41. The molecule has 0 aromatic heterocycles. The van der Waals surface area contributed by atoms with E-state index in [1.54, 1.807) is 6.08 Å². The second-order valence-corrected chi connectivity index (χ2v) is 6.07. The van der Waals surface area contributed by atoms with Gasteiger partial charge < -0.3 is 5.32 Å². The summed E-state index contributed by atoms with van der Waals surface area (Å²) in [6.07, 6.45) is 1.66. The number of hydrogen-bond acceptors (Lipinski definition) is 2. The quantitative estimate of drug-likeness (QED) is 0.671. The molecule has 0 fully saturated rings. The topological polar surface area (TPSA) is 52.9 Å². The average molecular weight is 318 g/mol. The van der Waals surface area contributed by atoms with Crippen LogP contribution in [0.25, 0.3) is 6.08 Å². The highest BCUT2D eigenvalue weighted by atomic mass is 16.1. The highest BCUT2D eigenvalue weighted by Gasteiger charge is 2.14. The van der Waals surface area contributed by atoms with Crippen molar-refractivity contribution in [3.8, 4) is 6.07 Å². The Morgan fingerprint density at radius 2 is 1.71 bits per heavy atom. The SMILES string of the molecule is Cc1cc(C)c(/C=C(\C#N)C(=O)N[C@H](C)c2ccccc2)cc1C. The lowest BCUT2D eigenvalue weighted by atomic mass is 9.99. The number of nitrogens with zero attached hydrogens (tertiary/aromatic N) is 1. The van der Waals surface area contributed by atoms with Crippen LogP contribution in [-0.4, -0.2) is 5.91 Å². The van der Waals surface area contributed by atoms with Crippen LogP contribution in [0.1, 0.15) is 40.8 Å². The minimum Gasteiger partial charge on any atom is -0.345 e. The first-order chi connectivity index (χ1) is 11.4. The molecule has 2 rings (SSSR count). The fraction of sp³-hybridized carbons (Fsp3) is 0.238. The van der Waals surface area contributed by atoms with E-state index in [1.807, 2.05) is 63.2 Å². The van der Waals surface area contributed by atoms with Crippen LogP contribution in [-0.2, 0) is 4.79 Å². The first-order valence-corrected chi connectivity index (χ1v) is 7.98. The van der Waals surface area contributed by atoms with Gasteiger partial charge in [0.05, 0.1) is 6.04 Å². The van der Waals surface area contributed by atoms with Crippen molar-refractivity contribution in [2.45, 2.75) is 33.7 Å². The maximum Gasteiger partial charge on any atom is 0.262 e. The molecule has 0 saturated carbocycles. The molecule has 0 heterocycles. The Labute approximate surface area is 143 Å². The molecule has 0 bridgehead atoms. The van der Waals surface area contributed by atoms with Gasteiger partial charge >= 0.3 is 0 Å². The molecule has 0 saturated heterocycles. The van der Waals surface area contributed by atoms with Crippen molar-refractivity contribution >= 4 is 12.0 Å². The maximum atomic E-state index is 12.4. The van der Waals surface area contributed by atoms with Crippen molar-refractivity contribution in [1.82, 2.24) is 5.32 Å². The first-order valence-electron chi connectivity index (χ1n) is 7.98. The minimum absolute atomic E-state index is 0.115. The van der Waals surface area contributed by atoms with Gasteiger partial charge in [-0.25, -0.2) is 0 Å². The lowest BCUT2D eigenvalue weighted by molar-refractivity contribution is -0.117. The largest absolute Gasteiger partial charge is 0.345 e. The summed E-state index contributed by atoms with van der Waals surface area (Å²) < 4.78 is 0. The van der Waals surface area contributed by atoms with E-state index in [0.717, 1.165) is 22.3 Å². The van der Waals surface area contributed by atoms with Crippen LogP contribution in [0.15, 0.2) is 48.0 Å².